The van der Waals surface area contributed by atoms with Crippen LogP contribution < -0.4 is 15.0 Å². The van der Waals surface area contributed by atoms with E-state index in [0.29, 0.717) is 26.1 Å². The minimum atomic E-state index is -0.627. The minimum absolute atomic E-state index is 0.0636. The van der Waals surface area contributed by atoms with Gasteiger partial charge in [-0.25, -0.2) is 8.78 Å². The predicted molar refractivity (Wildman–Crippen MR) is 132 cm³/mol. The van der Waals surface area contributed by atoms with Crippen LogP contribution in [0.3, 0.4) is 0 Å². The molecule has 3 aromatic carbocycles. The zero-order valence-corrected chi connectivity index (χ0v) is 19.8. The molecule has 33 heavy (non-hydrogen) atoms. The summed E-state index contributed by atoms with van der Waals surface area (Å²) in [6.07, 6.45) is 1.44. The summed E-state index contributed by atoms with van der Waals surface area (Å²) in [5.41, 5.74) is 1.23. The third-order valence-corrected chi connectivity index (χ3v) is 5.92. The van der Waals surface area contributed by atoms with Crippen molar-refractivity contribution in [1.82, 2.24) is 5.32 Å². The van der Waals surface area contributed by atoms with E-state index < -0.39 is 17.6 Å². The molecule has 0 unspecified atom stereocenters. The number of nitrogens with one attached hydrogen (secondary N) is 1. The monoisotopic (exact) mass is 576 g/mol. The normalized spacial score (nSPS) is 15.1. The van der Waals surface area contributed by atoms with E-state index in [1.165, 1.54) is 36.4 Å². The number of thiocarbonyl (C=S) groups is 1. The van der Waals surface area contributed by atoms with Crippen LogP contribution >= 0.6 is 34.8 Å². The van der Waals surface area contributed by atoms with Crippen LogP contribution in [0.25, 0.3) is 6.08 Å². The Morgan fingerprint density at radius 2 is 1.76 bits per heavy atom. The van der Waals surface area contributed by atoms with Gasteiger partial charge in [0.2, 0.25) is 0 Å². The highest BCUT2D eigenvalue weighted by Gasteiger charge is 2.34. The third-order valence-electron chi connectivity index (χ3n) is 4.79. The Kier molecular flexibility index (Phi) is 6.80. The number of hydrogen-bond acceptors (Lipinski definition) is 4. The number of amides is 2. The summed E-state index contributed by atoms with van der Waals surface area (Å²) in [5, 5.41) is 2.40. The van der Waals surface area contributed by atoms with E-state index in [2.05, 4.69) is 27.9 Å². The van der Waals surface area contributed by atoms with Crippen LogP contribution in [-0.4, -0.2) is 16.9 Å². The Labute approximate surface area is 207 Å². The van der Waals surface area contributed by atoms with Crippen molar-refractivity contribution in [3.63, 3.8) is 0 Å². The summed E-state index contributed by atoms with van der Waals surface area (Å²) in [6.45, 7) is 0.0636. The van der Waals surface area contributed by atoms with Crippen molar-refractivity contribution in [1.29, 1.82) is 0 Å². The Hall–Kier alpha value is -3.18. The van der Waals surface area contributed by atoms with Crippen molar-refractivity contribution in [2.24, 2.45) is 0 Å². The topological polar surface area (TPSA) is 58.6 Å². The van der Waals surface area contributed by atoms with Crippen LogP contribution in [-0.2, 0) is 16.2 Å². The molecule has 1 aliphatic rings. The predicted octanol–water partition coefficient (Wildman–Crippen LogP) is 4.98. The summed E-state index contributed by atoms with van der Waals surface area (Å²) in [6, 6.07) is 16.7. The Morgan fingerprint density at radius 3 is 2.45 bits per heavy atom. The third kappa shape index (κ3) is 5.09. The van der Waals surface area contributed by atoms with E-state index >= 15 is 0 Å². The van der Waals surface area contributed by atoms with Crippen molar-refractivity contribution in [3.05, 3.63) is 98.6 Å². The van der Waals surface area contributed by atoms with Gasteiger partial charge in [-0.3, -0.25) is 19.8 Å². The first-order valence-electron chi connectivity index (χ1n) is 9.66. The van der Waals surface area contributed by atoms with Crippen molar-refractivity contribution in [3.8, 4) is 5.75 Å². The van der Waals surface area contributed by atoms with Crippen LogP contribution in [0, 0.1) is 15.2 Å². The van der Waals surface area contributed by atoms with Gasteiger partial charge in [-0.1, -0.05) is 24.3 Å². The zero-order chi connectivity index (χ0) is 23.5. The van der Waals surface area contributed by atoms with Gasteiger partial charge in [-0.05, 0) is 88.9 Å². The first-order chi connectivity index (χ1) is 15.8. The molecule has 0 spiro atoms. The van der Waals surface area contributed by atoms with Gasteiger partial charge in [-0.2, -0.15) is 0 Å². The summed E-state index contributed by atoms with van der Waals surface area (Å²) < 4.78 is 33.5. The number of carbonyl (C=O) groups excluding carboxylic acids is 2. The van der Waals surface area contributed by atoms with Crippen LogP contribution in [0.4, 0.5) is 14.5 Å². The van der Waals surface area contributed by atoms with Crippen LogP contribution in [0.1, 0.15) is 11.1 Å². The Balaban J connectivity index is 1.57. The summed E-state index contributed by atoms with van der Waals surface area (Å²) in [4.78, 5) is 26.6. The highest BCUT2D eigenvalue weighted by Crippen LogP contribution is 2.26. The van der Waals surface area contributed by atoms with Crippen LogP contribution in [0.5, 0.6) is 5.75 Å². The number of anilines is 1. The number of halogens is 3. The Bertz CT molecular complexity index is 1300. The lowest BCUT2D eigenvalue weighted by Gasteiger charge is -2.28. The highest BCUT2D eigenvalue weighted by molar-refractivity contribution is 14.1. The lowest BCUT2D eigenvalue weighted by Crippen LogP contribution is -2.54. The minimum Gasteiger partial charge on any atom is -0.488 e. The lowest BCUT2D eigenvalue weighted by molar-refractivity contribution is -0.122. The molecule has 9 heteroatoms. The Morgan fingerprint density at radius 1 is 1.03 bits per heavy atom. The standard InChI is InChI=1S/C24H15F2IN2O3S/c25-16-6-8-17(9-7-16)29-23(31)18(22(30)28-24(29)33)11-14-5-10-21(20(27)12-14)32-13-15-3-1-2-4-19(15)26/h1-12H,13H2,(H,28,30,33)/b18-11-. The summed E-state index contributed by atoms with van der Waals surface area (Å²) in [7, 11) is 0. The van der Waals surface area contributed by atoms with Gasteiger partial charge in [0, 0.05) is 5.56 Å². The number of nitrogens with zero attached hydrogens (tertiary/aromatic N) is 1. The molecule has 0 saturated carbocycles. The molecule has 1 saturated heterocycles. The van der Waals surface area contributed by atoms with E-state index in [9.17, 15) is 18.4 Å². The maximum Gasteiger partial charge on any atom is 0.270 e. The molecule has 5 nitrogen and oxygen atoms in total. The average Bonchev–Trinajstić information content (AvgIpc) is 2.78. The second-order valence-corrected chi connectivity index (χ2v) is 8.55. The van der Waals surface area contributed by atoms with Crippen molar-refractivity contribution in [2.75, 3.05) is 4.90 Å². The van der Waals surface area contributed by atoms with E-state index in [0.717, 1.165) is 4.90 Å². The smallest absolute Gasteiger partial charge is 0.270 e. The maximum atomic E-state index is 13.8. The average molecular weight is 576 g/mol. The van der Waals surface area contributed by atoms with E-state index in [1.54, 1.807) is 36.4 Å². The van der Waals surface area contributed by atoms with Gasteiger partial charge in [0.25, 0.3) is 11.8 Å². The first kappa shape index (κ1) is 23.0. The van der Waals surface area contributed by atoms with Gasteiger partial charge in [0.1, 0.15) is 29.6 Å². The molecule has 166 valence electrons. The molecule has 1 N–H and O–H groups in total. The van der Waals surface area contributed by atoms with Gasteiger partial charge in [0.15, 0.2) is 5.11 Å². The summed E-state index contributed by atoms with van der Waals surface area (Å²) >= 11 is 7.20. The SMILES string of the molecule is O=C1NC(=S)N(c2ccc(F)cc2)C(=O)/C1=C\c1ccc(OCc2ccccc2F)c(I)c1. The molecule has 0 aliphatic carbocycles. The molecule has 1 fully saturated rings. The van der Waals surface area contributed by atoms with Crippen molar-refractivity contribution < 1.29 is 23.1 Å². The molecule has 0 bridgehead atoms. The fourth-order valence-corrected chi connectivity index (χ4v) is 4.12. The molecule has 0 atom stereocenters. The van der Waals surface area contributed by atoms with Crippen molar-refractivity contribution in [2.45, 2.75) is 6.61 Å². The molecule has 0 aromatic heterocycles. The van der Waals surface area contributed by atoms with Gasteiger partial charge >= 0.3 is 0 Å². The quantitative estimate of drug-likeness (QED) is 0.202. The fourth-order valence-electron chi connectivity index (χ4n) is 3.14. The zero-order valence-electron chi connectivity index (χ0n) is 16.8. The molecule has 0 radical (unpaired) electrons. The molecule has 3 aromatic rings. The number of rotatable bonds is 5. The highest BCUT2D eigenvalue weighted by atomic mass is 127. The summed E-state index contributed by atoms with van der Waals surface area (Å²) in [5.74, 6) is -1.52. The largest absolute Gasteiger partial charge is 0.488 e. The number of hydrogen-bond donors (Lipinski definition) is 1. The van der Waals surface area contributed by atoms with Crippen LogP contribution in [0.15, 0.2) is 72.3 Å². The first-order valence-corrected chi connectivity index (χ1v) is 11.1. The van der Waals surface area contributed by atoms with Gasteiger partial charge < -0.3 is 4.74 Å². The second kappa shape index (κ2) is 9.75. The molecule has 2 amide bonds. The van der Waals surface area contributed by atoms with Gasteiger partial charge in [-0.15, -0.1) is 0 Å². The van der Waals surface area contributed by atoms with Crippen LogP contribution in [0.2, 0.25) is 0 Å². The number of benzene rings is 3. The lowest BCUT2D eigenvalue weighted by atomic mass is 10.1. The molecular weight excluding hydrogens is 561 g/mol. The van der Waals surface area contributed by atoms with E-state index in [4.69, 9.17) is 17.0 Å². The second-order valence-electron chi connectivity index (χ2n) is 7.00. The number of carbonyl (C=O) groups is 2. The molecular formula is C24H15F2IN2O3S. The molecule has 1 aliphatic heterocycles. The molecule has 4 rings (SSSR count). The maximum absolute atomic E-state index is 13.8. The van der Waals surface area contributed by atoms with E-state index in [-0.39, 0.29) is 23.1 Å². The molecule has 1 heterocycles. The number of ether oxygens (including phenoxy) is 1. The fraction of sp³-hybridized carbons (Fsp3) is 0.0417. The van der Waals surface area contributed by atoms with Crippen molar-refractivity contribution >= 4 is 63.5 Å². The van der Waals surface area contributed by atoms with Gasteiger partial charge in [0.05, 0.1) is 9.26 Å². The van der Waals surface area contributed by atoms with E-state index in [1.807, 2.05) is 0 Å².